The Morgan fingerprint density at radius 1 is 1.14 bits per heavy atom. The van der Waals surface area contributed by atoms with E-state index >= 15 is 0 Å². The van der Waals surface area contributed by atoms with Gasteiger partial charge in [0.15, 0.2) is 6.10 Å². The lowest BCUT2D eigenvalue weighted by Gasteiger charge is -2.17. The van der Waals surface area contributed by atoms with Crippen LogP contribution in [0.4, 0.5) is 11.4 Å². The topological polar surface area (TPSA) is 64.3 Å². The number of carbonyl (C=O) groups excluding carboxylic acids is 1. The second kappa shape index (κ2) is 6.31. The molecule has 2 rings (SSSR count). The lowest BCUT2D eigenvalue weighted by atomic mass is 10.1. The molecule has 110 valence electrons. The highest BCUT2D eigenvalue weighted by molar-refractivity contribution is 5.94. The van der Waals surface area contributed by atoms with Gasteiger partial charge < -0.3 is 15.8 Å². The first-order chi connectivity index (χ1) is 9.97. The number of ether oxygens (including phenoxy) is 1. The minimum atomic E-state index is -0.606. The Kier molecular flexibility index (Phi) is 4.48. The number of hydrogen-bond acceptors (Lipinski definition) is 3. The summed E-state index contributed by atoms with van der Waals surface area (Å²) in [4.78, 5) is 12.1. The number of carbonyl (C=O) groups is 1. The SMILES string of the molecule is Cc1cc(C)c(OC(C)C(=O)Nc2ccccc2)cc1N. The number of para-hydroxylation sites is 1. The van der Waals surface area contributed by atoms with E-state index in [4.69, 9.17) is 10.5 Å². The van der Waals surface area contributed by atoms with Gasteiger partial charge in [-0.1, -0.05) is 24.3 Å². The van der Waals surface area contributed by atoms with Crippen LogP contribution in [-0.4, -0.2) is 12.0 Å². The summed E-state index contributed by atoms with van der Waals surface area (Å²) in [5, 5.41) is 2.81. The molecule has 0 aliphatic carbocycles. The molecule has 0 aliphatic rings. The van der Waals surface area contributed by atoms with E-state index in [9.17, 15) is 4.79 Å². The standard InChI is InChI=1S/C17H20N2O2/c1-11-9-12(2)16(10-15(11)18)21-13(3)17(20)19-14-7-5-4-6-8-14/h4-10,13H,18H2,1-3H3,(H,19,20). The van der Waals surface area contributed by atoms with Crippen LogP contribution in [0, 0.1) is 13.8 Å². The van der Waals surface area contributed by atoms with E-state index in [1.54, 1.807) is 13.0 Å². The number of hydrogen-bond donors (Lipinski definition) is 2. The molecule has 4 heteroatoms. The summed E-state index contributed by atoms with van der Waals surface area (Å²) in [5.74, 6) is 0.438. The van der Waals surface area contributed by atoms with Crippen molar-refractivity contribution in [2.24, 2.45) is 0 Å². The zero-order chi connectivity index (χ0) is 15.4. The molecule has 0 fully saturated rings. The third-order valence-corrected chi connectivity index (χ3v) is 3.28. The Hall–Kier alpha value is -2.49. The van der Waals surface area contributed by atoms with Gasteiger partial charge in [-0.25, -0.2) is 0 Å². The zero-order valence-electron chi connectivity index (χ0n) is 12.5. The molecule has 0 saturated carbocycles. The molecule has 0 spiro atoms. The third-order valence-electron chi connectivity index (χ3n) is 3.28. The molecular formula is C17H20N2O2. The van der Waals surface area contributed by atoms with E-state index in [1.807, 2.05) is 50.2 Å². The number of amides is 1. The van der Waals surface area contributed by atoms with Crippen LogP contribution in [0.15, 0.2) is 42.5 Å². The van der Waals surface area contributed by atoms with Crippen LogP contribution in [0.2, 0.25) is 0 Å². The van der Waals surface area contributed by atoms with Gasteiger partial charge in [0.05, 0.1) is 0 Å². The van der Waals surface area contributed by atoms with E-state index in [2.05, 4.69) is 5.32 Å². The van der Waals surface area contributed by atoms with Crippen LogP contribution in [0.25, 0.3) is 0 Å². The molecule has 0 aliphatic heterocycles. The fraction of sp³-hybridized carbons (Fsp3) is 0.235. The molecule has 1 unspecified atom stereocenters. The molecule has 0 bridgehead atoms. The van der Waals surface area contributed by atoms with E-state index in [0.29, 0.717) is 11.4 Å². The van der Waals surface area contributed by atoms with Gasteiger partial charge in [-0.15, -0.1) is 0 Å². The molecule has 0 heterocycles. The van der Waals surface area contributed by atoms with Crippen molar-refractivity contribution in [3.63, 3.8) is 0 Å². The van der Waals surface area contributed by atoms with E-state index < -0.39 is 6.10 Å². The van der Waals surface area contributed by atoms with Crippen LogP contribution < -0.4 is 15.8 Å². The maximum absolute atomic E-state index is 12.1. The second-order valence-corrected chi connectivity index (χ2v) is 5.09. The number of nitrogen functional groups attached to an aromatic ring is 1. The summed E-state index contributed by atoms with van der Waals surface area (Å²) >= 11 is 0. The predicted molar refractivity (Wildman–Crippen MR) is 85.5 cm³/mol. The fourth-order valence-corrected chi connectivity index (χ4v) is 1.98. The first kappa shape index (κ1) is 14.9. The third kappa shape index (κ3) is 3.75. The van der Waals surface area contributed by atoms with Crippen LogP contribution in [-0.2, 0) is 4.79 Å². The van der Waals surface area contributed by atoms with Crippen molar-refractivity contribution in [2.75, 3.05) is 11.1 Å². The predicted octanol–water partition coefficient (Wildman–Crippen LogP) is 3.29. The smallest absolute Gasteiger partial charge is 0.265 e. The van der Waals surface area contributed by atoms with Gasteiger partial charge in [0.25, 0.3) is 5.91 Å². The minimum absolute atomic E-state index is 0.195. The monoisotopic (exact) mass is 284 g/mol. The zero-order valence-corrected chi connectivity index (χ0v) is 12.5. The summed E-state index contributed by atoms with van der Waals surface area (Å²) < 4.78 is 5.72. The maximum Gasteiger partial charge on any atom is 0.265 e. The van der Waals surface area contributed by atoms with Gasteiger partial charge in [0.2, 0.25) is 0 Å². The van der Waals surface area contributed by atoms with Crippen molar-refractivity contribution in [3.05, 3.63) is 53.6 Å². The van der Waals surface area contributed by atoms with E-state index in [1.165, 1.54) is 0 Å². The van der Waals surface area contributed by atoms with Gasteiger partial charge in [-0.2, -0.15) is 0 Å². The molecular weight excluding hydrogens is 264 g/mol. The lowest BCUT2D eigenvalue weighted by Crippen LogP contribution is -2.30. The summed E-state index contributed by atoms with van der Waals surface area (Å²) in [5.41, 5.74) is 9.25. The fourth-order valence-electron chi connectivity index (χ4n) is 1.98. The molecule has 1 atom stereocenters. The maximum atomic E-state index is 12.1. The highest BCUT2D eigenvalue weighted by atomic mass is 16.5. The summed E-state index contributed by atoms with van der Waals surface area (Å²) in [6.07, 6.45) is -0.606. The van der Waals surface area contributed by atoms with Crippen LogP contribution in [0.5, 0.6) is 5.75 Å². The first-order valence-electron chi connectivity index (χ1n) is 6.86. The average Bonchev–Trinajstić information content (AvgIpc) is 2.45. The Balaban J connectivity index is 2.06. The highest BCUT2D eigenvalue weighted by Gasteiger charge is 2.16. The molecule has 2 aromatic rings. The van der Waals surface area contributed by atoms with Crippen LogP contribution in [0.1, 0.15) is 18.1 Å². The molecule has 4 nitrogen and oxygen atoms in total. The van der Waals surface area contributed by atoms with Gasteiger partial charge in [-0.05, 0) is 44.0 Å². The minimum Gasteiger partial charge on any atom is -0.481 e. The molecule has 1 amide bonds. The number of benzene rings is 2. The molecule has 2 aromatic carbocycles. The second-order valence-electron chi connectivity index (χ2n) is 5.09. The molecule has 0 aromatic heterocycles. The van der Waals surface area contributed by atoms with Crippen LogP contribution >= 0.6 is 0 Å². The van der Waals surface area contributed by atoms with Gasteiger partial charge in [0, 0.05) is 17.4 Å². The number of nitrogens with two attached hydrogens (primary N) is 1. The van der Waals surface area contributed by atoms with Crippen molar-refractivity contribution in [1.29, 1.82) is 0 Å². The highest BCUT2D eigenvalue weighted by Crippen LogP contribution is 2.25. The first-order valence-corrected chi connectivity index (χ1v) is 6.86. The quantitative estimate of drug-likeness (QED) is 0.847. The average molecular weight is 284 g/mol. The van der Waals surface area contributed by atoms with Gasteiger partial charge >= 0.3 is 0 Å². The molecule has 3 N–H and O–H groups in total. The van der Waals surface area contributed by atoms with Gasteiger partial charge in [-0.3, -0.25) is 4.79 Å². The lowest BCUT2D eigenvalue weighted by molar-refractivity contribution is -0.122. The Bertz CT molecular complexity index is 639. The number of aryl methyl sites for hydroxylation is 2. The Morgan fingerprint density at radius 2 is 1.81 bits per heavy atom. The number of nitrogens with one attached hydrogen (secondary N) is 1. The summed E-state index contributed by atoms with van der Waals surface area (Å²) in [6, 6.07) is 13.0. The Labute approximate surface area is 124 Å². The summed E-state index contributed by atoms with van der Waals surface area (Å²) in [7, 11) is 0. The Morgan fingerprint density at radius 3 is 2.48 bits per heavy atom. The molecule has 0 radical (unpaired) electrons. The van der Waals surface area contributed by atoms with Crippen LogP contribution in [0.3, 0.4) is 0 Å². The molecule has 21 heavy (non-hydrogen) atoms. The van der Waals surface area contributed by atoms with E-state index in [-0.39, 0.29) is 5.91 Å². The van der Waals surface area contributed by atoms with Crippen molar-refractivity contribution in [2.45, 2.75) is 26.9 Å². The molecule has 0 saturated heterocycles. The summed E-state index contributed by atoms with van der Waals surface area (Å²) in [6.45, 7) is 5.59. The van der Waals surface area contributed by atoms with Crippen molar-refractivity contribution in [3.8, 4) is 5.75 Å². The van der Waals surface area contributed by atoms with Crippen molar-refractivity contribution < 1.29 is 9.53 Å². The number of anilines is 2. The van der Waals surface area contributed by atoms with Gasteiger partial charge in [0.1, 0.15) is 5.75 Å². The largest absolute Gasteiger partial charge is 0.481 e. The van der Waals surface area contributed by atoms with Crippen molar-refractivity contribution >= 4 is 17.3 Å². The normalized spacial score (nSPS) is 11.8. The van der Waals surface area contributed by atoms with Crippen molar-refractivity contribution in [1.82, 2.24) is 0 Å². The number of rotatable bonds is 4. The van der Waals surface area contributed by atoms with E-state index in [0.717, 1.165) is 16.8 Å².